The van der Waals surface area contributed by atoms with E-state index in [2.05, 4.69) is 21.3 Å². The molecule has 1 aromatic rings. The molecule has 2 unspecified atom stereocenters. The average Bonchev–Trinajstić information content (AvgIpc) is 3.10. The highest BCUT2D eigenvalue weighted by molar-refractivity contribution is 6.38. The predicted octanol–water partition coefficient (Wildman–Crippen LogP) is -0.135. The van der Waals surface area contributed by atoms with Crippen LogP contribution in [-0.2, 0) is 23.9 Å². The summed E-state index contributed by atoms with van der Waals surface area (Å²) in [4.78, 5) is 61.6. The Morgan fingerprint density at radius 2 is 2.00 bits per heavy atom. The Morgan fingerprint density at radius 3 is 2.58 bits per heavy atom. The lowest BCUT2D eigenvalue weighted by Crippen LogP contribution is -2.48. The molecule has 11 heteroatoms. The van der Waals surface area contributed by atoms with Crippen molar-refractivity contribution >= 4 is 46.7 Å². The SMILES string of the molecule is CNC(=O)C(=O)C(CC1CCNC1=O)NC(=O)c1cc(Cl)ccc1NC(=O)C1COC1. The van der Waals surface area contributed by atoms with Crippen LogP contribution in [0.3, 0.4) is 0 Å². The van der Waals surface area contributed by atoms with Gasteiger partial charge in [0.25, 0.3) is 11.8 Å². The first kappa shape index (κ1) is 22.7. The molecule has 4 amide bonds. The van der Waals surface area contributed by atoms with Crippen LogP contribution < -0.4 is 21.3 Å². The van der Waals surface area contributed by atoms with Crippen molar-refractivity contribution in [2.75, 3.05) is 32.1 Å². The molecule has 2 aliphatic rings. The van der Waals surface area contributed by atoms with Gasteiger partial charge in [-0.3, -0.25) is 24.0 Å². The summed E-state index contributed by atoms with van der Waals surface area (Å²) in [5.41, 5.74) is 0.246. The summed E-state index contributed by atoms with van der Waals surface area (Å²) in [7, 11) is 1.30. The van der Waals surface area contributed by atoms with E-state index in [1.807, 2.05) is 0 Å². The van der Waals surface area contributed by atoms with Crippen LogP contribution in [0.2, 0.25) is 5.02 Å². The predicted molar refractivity (Wildman–Crippen MR) is 110 cm³/mol. The van der Waals surface area contributed by atoms with Gasteiger partial charge in [0, 0.05) is 24.5 Å². The third-order valence-electron chi connectivity index (χ3n) is 5.25. The van der Waals surface area contributed by atoms with E-state index >= 15 is 0 Å². The lowest BCUT2D eigenvalue weighted by Gasteiger charge is -2.25. The van der Waals surface area contributed by atoms with Gasteiger partial charge in [0.1, 0.15) is 0 Å². The zero-order valence-electron chi connectivity index (χ0n) is 16.8. The molecule has 0 spiro atoms. The van der Waals surface area contributed by atoms with Crippen molar-refractivity contribution in [3.8, 4) is 0 Å². The van der Waals surface area contributed by atoms with Gasteiger partial charge in [-0.1, -0.05) is 11.6 Å². The minimum absolute atomic E-state index is 0.0223. The monoisotopic (exact) mass is 450 g/mol. The van der Waals surface area contributed by atoms with E-state index in [0.29, 0.717) is 26.2 Å². The van der Waals surface area contributed by atoms with E-state index in [4.69, 9.17) is 16.3 Å². The number of hydrogen-bond donors (Lipinski definition) is 4. The van der Waals surface area contributed by atoms with Gasteiger partial charge >= 0.3 is 0 Å². The number of benzene rings is 1. The number of halogens is 1. The van der Waals surface area contributed by atoms with Crippen LogP contribution in [0.25, 0.3) is 0 Å². The molecule has 0 bridgehead atoms. The summed E-state index contributed by atoms with van der Waals surface area (Å²) in [5, 5.41) is 10.3. The van der Waals surface area contributed by atoms with Crippen molar-refractivity contribution in [2.45, 2.75) is 18.9 Å². The highest BCUT2D eigenvalue weighted by atomic mass is 35.5. The molecule has 31 heavy (non-hydrogen) atoms. The molecule has 0 aromatic heterocycles. The molecule has 166 valence electrons. The van der Waals surface area contributed by atoms with Crippen molar-refractivity contribution < 1.29 is 28.7 Å². The number of hydrogen-bond acceptors (Lipinski definition) is 6. The molecule has 3 rings (SSSR count). The summed E-state index contributed by atoms with van der Waals surface area (Å²) in [5.74, 6) is -3.80. The van der Waals surface area contributed by atoms with Gasteiger partial charge in [-0.25, -0.2) is 0 Å². The highest BCUT2D eigenvalue weighted by Gasteiger charge is 2.34. The lowest BCUT2D eigenvalue weighted by molar-refractivity contribution is -0.139. The molecule has 0 saturated carbocycles. The molecule has 10 nitrogen and oxygen atoms in total. The van der Waals surface area contributed by atoms with Crippen molar-refractivity contribution in [1.29, 1.82) is 0 Å². The second-order valence-corrected chi connectivity index (χ2v) is 7.83. The fourth-order valence-corrected chi connectivity index (χ4v) is 3.51. The second-order valence-electron chi connectivity index (χ2n) is 7.40. The summed E-state index contributed by atoms with van der Waals surface area (Å²) in [6.45, 7) is 1.06. The molecular weight excluding hydrogens is 428 g/mol. The lowest BCUT2D eigenvalue weighted by atomic mass is 9.95. The molecular formula is C20H23ClN4O6. The van der Waals surface area contributed by atoms with Gasteiger partial charge < -0.3 is 26.0 Å². The number of anilines is 1. The summed E-state index contributed by atoms with van der Waals surface area (Å²) < 4.78 is 5.01. The summed E-state index contributed by atoms with van der Waals surface area (Å²) in [6, 6.07) is 3.13. The number of rotatable bonds is 8. The van der Waals surface area contributed by atoms with Gasteiger partial charge in [0.2, 0.25) is 17.6 Å². The number of ketones is 1. The molecule has 2 aliphatic heterocycles. The molecule has 0 radical (unpaired) electrons. The average molecular weight is 451 g/mol. The first-order valence-corrected chi connectivity index (χ1v) is 10.2. The minimum atomic E-state index is -1.22. The zero-order valence-corrected chi connectivity index (χ0v) is 17.6. The Labute approximate surface area is 183 Å². The number of nitrogens with one attached hydrogen (secondary N) is 4. The molecule has 4 N–H and O–H groups in total. The largest absolute Gasteiger partial charge is 0.380 e. The number of carbonyl (C=O) groups excluding carboxylic acids is 5. The second kappa shape index (κ2) is 9.88. The Hall–Kier alpha value is -2.98. The quantitative estimate of drug-likeness (QED) is 0.406. The van der Waals surface area contributed by atoms with E-state index in [0.717, 1.165) is 0 Å². The third kappa shape index (κ3) is 5.39. The van der Waals surface area contributed by atoms with Crippen molar-refractivity contribution in [1.82, 2.24) is 16.0 Å². The Kier molecular flexibility index (Phi) is 7.24. The fourth-order valence-electron chi connectivity index (χ4n) is 3.34. The van der Waals surface area contributed by atoms with Crippen molar-refractivity contribution in [3.63, 3.8) is 0 Å². The van der Waals surface area contributed by atoms with E-state index < -0.39 is 29.6 Å². The van der Waals surface area contributed by atoms with Crippen LogP contribution in [0.1, 0.15) is 23.2 Å². The van der Waals surface area contributed by atoms with Gasteiger partial charge in [-0.2, -0.15) is 0 Å². The normalized spacial score (nSPS) is 19.0. The molecule has 2 atom stereocenters. The number of likely N-dealkylation sites (N-methyl/N-ethyl adjacent to an activating group) is 1. The first-order valence-electron chi connectivity index (χ1n) is 9.82. The third-order valence-corrected chi connectivity index (χ3v) is 5.48. The zero-order chi connectivity index (χ0) is 22.5. The Bertz CT molecular complexity index is 917. The van der Waals surface area contributed by atoms with E-state index in [1.165, 1.54) is 25.2 Å². The maximum absolute atomic E-state index is 13.0. The van der Waals surface area contributed by atoms with Crippen LogP contribution in [0.5, 0.6) is 0 Å². The van der Waals surface area contributed by atoms with E-state index in [9.17, 15) is 24.0 Å². The van der Waals surface area contributed by atoms with Gasteiger partial charge in [-0.05, 0) is 31.0 Å². The minimum Gasteiger partial charge on any atom is -0.380 e. The van der Waals surface area contributed by atoms with Crippen molar-refractivity contribution in [2.24, 2.45) is 11.8 Å². The van der Waals surface area contributed by atoms with Gasteiger partial charge in [0.05, 0.1) is 36.4 Å². The first-order chi connectivity index (χ1) is 14.8. The molecule has 1 aromatic carbocycles. The van der Waals surface area contributed by atoms with Crippen LogP contribution in [0, 0.1) is 11.8 Å². The topological polar surface area (TPSA) is 143 Å². The molecule has 2 saturated heterocycles. The molecule has 2 fully saturated rings. The molecule has 0 aliphatic carbocycles. The van der Waals surface area contributed by atoms with Crippen LogP contribution in [0.15, 0.2) is 18.2 Å². The number of ether oxygens (including phenoxy) is 1. The van der Waals surface area contributed by atoms with Crippen LogP contribution in [-0.4, -0.2) is 62.3 Å². The standard InChI is InChI=1S/C20H23ClN4O6/c1-22-20(30)16(26)15(6-10-4-5-23-17(10)27)25-19(29)13-7-12(21)2-3-14(13)24-18(28)11-8-31-9-11/h2-3,7,10-11,15H,4-6,8-9H2,1H3,(H,22,30)(H,23,27)(H,24,28)(H,25,29). The van der Waals surface area contributed by atoms with E-state index in [-0.39, 0.29) is 40.4 Å². The highest BCUT2D eigenvalue weighted by Crippen LogP contribution is 2.24. The maximum atomic E-state index is 13.0. The number of Topliss-reactive ketones (excluding diaryl/α,β-unsaturated/α-hetero) is 1. The summed E-state index contributed by atoms with van der Waals surface area (Å²) in [6.07, 6.45) is 0.472. The van der Waals surface area contributed by atoms with Crippen LogP contribution >= 0.6 is 11.6 Å². The smallest absolute Gasteiger partial charge is 0.289 e. The maximum Gasteiger partial charge on any atom is 0.289 e. The van der Waals surface area contributed by atoms with Gasteiger partial charge in [0.15, 0.2) is 0 Å². The summed E-state index contributed by atoms with van der Waals surface area (Å²) >= 11 is 6.03. The van der Waals surface area contributed by atoms with Crippen LogP contribution in [0.4, 0.5) is 5.69 Å². The van der Waals surface area contributed by atoms with Gasteiger partial charge in [-0.15, -0.1) is 0 Å². The molecule has 2 heterocycles. The number of amides is 4. The van der Waals surface area contributed by atoms with E-state index in [1.54, 1.807) is 0 Å². The Morgan fingerprint density at radius 1 is 1.26 bits per heavy atom. The Balaban J connectivity index is 1.80. The number of carbonyl (C=O) groups is 5. The van der Waals surface area contributed by atoms with Crippen molar-refractivity contribution in [3.05, 3.63) is 28.8 Å². The fraction of sp³-hybridized carbons (Fsp3) is 0.450.